The van der Waals surface area contributed by atoms with E-state index in [4.69, 9.17) is 0 Å². The van der Waals surface area contributed by atoms with Gasteiger partial charge in [0.05, 0.1) is 6.20 Å². The fourth-order valence-electron chi connectivity index (χ4n) is 2.75. The van der Waals surface area contributed by atoms with Crippen LogP contribution in [-0.4, -0.2) is 28.3 Å². The van der Waals surface area contributed by atoms with Crippen molar-refractivity contribution in [3.63, 3.8) is 0 Å². The molecule has 3 aromatic rings. The Hall–Kier alpha value is -2.95. The molecule has 0 spiro atoms. The molecule has 3 rings (SSSR count). The molecule has 26 heavy (non-hydrogen) atoms. The third-order valence-corrected chi connectivity index (χ3v) is 4.12. The van der Waals surface area contributed by atoms with Crippen LogP contribution in [0, 0.1) is 0 Å². The van der Waals surface area contributed by atoms with Crippen molar-refractivity contribution in [2.24, 2.45) is 0 Å². The number of hydrogen-bond acceptors (Lipinski definition) is 5. The van der Waals surface area contributed by atoms with Gasteiger partial charge in [-0.05, 0) is 36.8 Å². The van der Waals surface area contributed by atoms with E-state index in [-0.39, 0.29) is 0 Å². The monoisotopic (exact) mass is 347 g/mol. The van der Waals surface area contributed by atoms with Crippen LogP contribution in [0.1, 0.15) is 24.0 Å². The van der Waals surface area contributed by atoms with Crippen LogP contribution in [-0.2, 0) is 12.8 Å². The Labute approximate surface area is 154 Å². The van der Waals surface area contributed by atoms with Crippen LogP contribution in [0.5, 0.6) is 0 Å². The van der Waals surface area contributed by atoms with Crippen LogP contribution in [0.3, 0.4) is 0 Å². The summed E-state index contributed by atoms with van der Waals surface area (Å²) >= 11 is 0. The molecule has 0 radical (unpaired) electrons. The molecule has 134 valence electrons. The van der Waals surface area contributed by atoms with Crippen LogP contribution in [0.2, 0.25) is 0 Å². The zero-order chi connectivity index (χ0) is 17.9. The standard InChI is InChI=1S/C21H25N5/c1-3-9-18(10-4-1)13-7-15-22-20-17-24-26-21(25-20)23-16-8-14-19-11-5-2-6-12-19/h1-6,9-12,17H,7-8,13-16H2,(H2,22,23,25,26). The Bertz CT molecular complexity index is 699. The van der Waals surface area contributed by atoms with Gasteiger partial charge < -0.3 is 10.6 Å². The molecule has 0 aliphatic heterocycles. The summed E-state index contributed by atoms with van der Waals surface area (Å²) in [4.78, 5) is 4.47. The SMILES string of the molecule is c1ccc(CCCNc2cnnc(NCCCc3ccccc3)n2)cc1. The predicted octanol–water partition coefficient (Wildman–Crippen LogP) is 3.96. The Kier molecular flexibility index (Phi) is 6.96. The van der Waals surface area contributed by atoms with E-state index in [0.717, 1.165) is 44.6 Å². The van der Waals surface area contributed by atoms with Crippen LogP contribution < -0.4 is 10.6 Å². The van der Waals surface area contributed by atoms with Crippen molar-refractivity contribution in [2.45, 2.75) is 25.7 Å². The van der Waals surface area contributed by atoms with Gasteiger partial charge in [0.25, 0.3) is 0 Å². The summed E-state index contributed by atoms with van der Waals surface area (Å²) in [6.07, 6.45) is 5.84. The van der Waals surface area contributed by atoms with Crippen molar-refractivity contribution in [3.05, 3.63) is 78.0 Å². The van der Waals surface area contributed by atoms with E-state index in [0.29, 0.717) is 5.95 Å². The first-order valence-electron chi connectivity index (χ1n) is 9.15. The smallest absolute Gasteiger partial charge is 0.244 e. The molecule has 0 aliphatic rings. The molecule has 1 heterocycles. The van der Waals surface area contributed by atoms with Gasteiger partial charge >= 0.3 is 0 Å². The van der Waals surface area contributed by atoms with E-state index in [2.05, 4.69) is 74.3 Å². The second kappa shape index (κ2) is 10.1. The maximum Gasteiger partial charge on any atom is 0.244 e. The number of rotatable bonds is 10. The highest BCUT2D eigenvalue weighted by Crippen LogP contribution is 2.07. The molecule has 0 fully saturated rings. The summed E-state index contributed by atoms with van der Waals surface area (Å²) in [7, 11) is 0. The summed E-state index contributed by atoms with van der Waals surface area (Å²) in [6, 6.07) is 21.0. The van der Waals surface area contributed by atoms with E-state index in [1.54, 1.807) is 6.20 Å². The minimum absolute atomic E-state index is 0.575. The lowest BCUT2D eigenvalue weighted by atomic mass is 10.1. The third kappa shape index (κ3) is 6.16. The zero-order valence-electron chi connectivity index (χ0n) is 14.9. The molecule has 2 N–H and O–H groups in total. The molecule has 0 atom stereocenters. The summed E-state index contributed by atoms with van der Waals surface area (Å²) in [5, 5.41) is 14.6. The number of nitrogens with zero attached hydrogens (tertiary/aromatic N) is 3. The number of anilines is 2. The van der Waals surface area contributed by atoms with Crippen molar-refractivity contribution in [1.29, 1.82) is 0 Å². The summed E-state index contributed by atoms with van der Waals surface area (Å²) in [6.45, 7) is 1.69. The number of aromatic nitrogens is 3. The van der Waals surface area contributed by atoms with Gasteiger partial charge in [-0.3, -0.25) is 0 Å². The highest BCUT2D eigenvalue weighted by Gasteiger charge is 2.00. The molecule has 0 aliphatic carbocycles. The summed E-state index contributed by atoms with van der Waals surface area (Å²) < 4.78 is 0. The molecule has 0 unspecified atom stereocenters. The van der Waals surface area contributed by atoms with E-state index in [9.17, 15) is 0 Å². The molecule has 0 saturated heterocycles. The Morgan fingerprint density at radius 1 is 0.692 bits per heavy atom. The average molecular weight is 347 g/mol. The number of nitrogens with one attached hydrogen (secondary N) is 2. The van der Waals surface area contributed by atoms with Gasteiger partial charge in [0.2, 0.25) is 5.95 Å². The molecule has 2 aromatic carbocycles. The number of aryl methyl sites for hydroxylation is 2. The second-order valence-electron chi connectivity index (χ2n) is 6.20. The lowest BCUT2D eigenvalue weighted by Gasteiger charge is -2.08. The van der Waals surface area contributed by atoms with Crippen LogP contribution in [0.15, 0.2) is 66.9 Å². The Morgan fingerprint density at radius 3 is 1.88 bits per heavy atom. The first-order chi connectivity index (χ1) is 12.9. The van der Waals surface area contributed by atoms with Gasteiger partial charge in [-0.25, -0.2) is 0 Å². The molecule has 5 heteroatoms. The molecule has 1 aromatic heterocycles. The van der Waals surface area contributed by atoms with E-state index in [1.165, 1.54) is 11.1 Å². The molecule has 0 saturated carbocycles. The van der Waals surface area contributed by atoms with Gasteiger partial charge in [-0.2, -0.15) is 10.1 Å². The van der Waals surface area contributed by atoms with Crippen molar-refractivity contribution in [2.75, 3.05) is 23.7 Å². The summed E-state index contributed by atoms with van der Waals surface area (Å²) in [5.41, 5.74) is 2.71. The van der Waals surface area contributed by atoms with E-state index < -0.39 is 0 Å². The average Bonchev–Trinajstić information content (AvgIpc) is 2.71. The summed E-state index contributed by atoms with van der Waals surface area (Å²) in [5.74, 6) is 1.34. The van der Waals surface area contributed by atoms with Gasteiger partial charge in [0.15, 0.2) is 0 Å². The van der Waals surface area contributed by atoms with Crippen molar-refractivity contribution in [1.82, 2.24) is 15.2 Å². The molecular formula is C21H25N5. The topological polar surface area (TPSA) is 62.7 Å². The molecule has 5 nitrogen and oxygen atoms in total. The minimum Gasteiger partial charge on any atom is -0.369 e. The van der Waals surface area contributed by atoms with Crippen LogP contribution >= 0.6 is 0 Å². The highest BCUT2D eigenvalue weighted by molar-refractivity contribution is 5.36. The van der Waals surface area contributed by atoms with Gasteiger partial charge in [0, 0.05) is 13.1 Å². The lowest BCUT2D eigenvalue weighted by Crippen LogP contribution is -2.10. The first kappa shape index (κ1) is 17.9. The molecule has 0 bridgehead atoms. The molecule has 0 amide bonds. The fourth-order valence-corrected chi connectivity index (χ4v) is 2.75. The van der Waals surface area contributed by atoms with Crippen molar-refractivity contribution in [3.8, 4) is 0 Å². The van der Waals surface area contributed by atoms with E-state index in [1.807, 2.05) is 12.1 Å². The fraction of sp³-hybridized carbons (Fsp3) is 0.286. The van der Waals surface area contributed by atoms with Crippen molar-refractivity contribution < 1.29 is 0 Å². The molecular weight excluding hydrogens is 322 g/mol. The largest absolute Gasteiger partial charge is 0.369 e. The minimum atomic E-state index is 0.575. The van der Waals surface area contributed by atoms with Gasteiger partial charge in [-0.1, -0.05) is 60.7 Å². The normalized spacial score (nSPS) is 10.5. The van der Waals surface area contributed by atoms with E-state index >= 15 is 0 Å². The van der Waals surface area contributed by atoms with Crippen LogP contribution in [0.4, 0.5) is 11.8 Å². The lowest BCUT2D eigenvalue weighted by molar-refractivity contribution is 0.834. The second-order valence-corrected chi connectivity index (χ2v) is 6.20. The third-order valence-electron chi connectivity index (χ3n) is 4.12. The highest BCUT2D eigenvalue weighted by atomic mass is 15.3. The quantitative estimate of drug-likeness (QED) is 0.544. The maximum absolute atomic E-state index is 4.47. The van der Waals surface area contributed by atoms with Crippen LogP contribution in [0.25, 0.3) is 0 Å². The predicted molar refractivity (Wildman–Crippen MR) is 106 cm³/mol. The Morgan fingerprint density at radius 2 is 1.27 bits per heavy atom. The van der Waals surface area contributed by atoms with Crippen molar-refractivity contribution >= 4 is 11.8 Å². The van der Waals surface area contributed by atoms with Gasteiger partial charge in [-0.15, -0.1) is 5.10 Å². The maximum atomic E-state index is 4.47. The zero-order valence-corrected chi connectivity index (χ0v) is 14.9. The first-order valence-corrected chi connectivity index (χ1v) is 9.15. The number of hydrogen-bond donors (Lipinski definition) is 2. The Balaban J connectivity index is 1.36. The number of benzene rings is 2. The van der Waals surface area contributed by atoms with Gasteiger partial charge in [0.1, 0.15) is 5.82 Å².